The molecule has 5 heteroatoms. The van der Waals surface area contributed by atoms with E-state index in [-0.39, 0.29) is 0 Å². The Morgan fingerprint density at radius 3 is 3.00 bits per heavy atom. The van der Waals surface area contributed by atoms with Crippen LogP contribution in [0.5, 0.6) is 5.75 Å². The van der Waals surface area contributed by atoms with Gasteiger partial charge in [-0.05, 0) is 12.1 Å². The molecule has 0 fully saturated rings. The van der Waals surface area contributed by atoms with Crippen LogP contribution in [0.25, 0.3) is 10.9 Å². The van der Waals surface area contributed by atoms with E-state index in [0.29, 0.717) is 22.9 Å². The van der Waals surface area contributed by atoms with Crippen molar-refractivity contribution in [2.45, 2.75) is 0 Å². The summed E-state index contributed by atoms with van der Waals surface area (Å²) in [4.78, 5) is 14.6. The van der Waals surface area contributed by atoms with Gasteiger partial charge in [-0.25, -0.2) is 0 Å². The molecule has 0 saturated carbocycles. The van der Waals surface area contributed by atoms with Gasteiger partial charge in [-0.3, -0.25) is 9.78 Å². The van der Waals surface area contributed by atoms with Crippen molar-refractivity contribution in [1.29, 1.82) is 0 Å². The molecule has 1 amide bonds. The fourth-order valence-corrected chi connectivity index (χ4v) is 1.69. The van der Waals surface area contributed by atoms with Crippen LogP contribution in [-0.2, 0) is 4.79 Å². The number of hydrogen-bond acceptors (Lipinski definition) is 3. The SMILES string of the molecule is COc1cc2nccc(Cl)c2cc1NC=O. The van der Waals surface area contributed by atoms with Gasteiger partial charge in [0.05, 0.1) is 23.3 Å². The normalized spacial score (nSPS) is 10.1. The van der Waals surface area contributed by atoms with Gasteiger partial charge in [-0.2, -0.15) is 0 Å². The standard InChI is InChI=1S/C11H9ClN2O2/c1-16-11-5-9-7(4-10(11)14-6-15)8(12)2-3-13-9/h2-6H,1H3,(H,14,15). The Labute approximate surface area is 97.2 Å². The van der Waals surface area contributed by atoms with E-state index in [2.05, 4.69) is 10.3 Å². The maximum Gasteiger partial charge on any atom is 0.211 e. The second kappa shape index (κ2) is 4.37. The Kier molecular flexibility index (Phi) is 2.92. The molecule has 16 heavy (non-hydrogen) atoms. The topological polar surface area (TPSA) is 51.2 Å². The van der Waals surface area contributed by atoms with Crippen LogP contribution >= 0.6 is 11.6 Å². The number of hydrogen-bond donors (Lipinski definition) is 1. The first-order chi connectivity index (χ1) is 7.76. The van der Waals surface area contributed by atoms with E-state index in [1.54, 1.807) is 24.4 Å². The maximum atomic E-state index is 10.4. The highest BCUT2D eigenvalue weighted by atomic mass is 35.5. The van der Waals surface area contributed by atoms with Crippen LogP contribution in [0.15, 0.2) is 24.4 Å². The molecule has 0 aliphatic carbocycles. The Hall–Kier alpha value is -1.81. The van der Waals surface area contributed by atoms with Crippen molar-refractivity contribution in [2.24, 2.45) is 0 Å². The Morgan fingerprint density at radius 2 is 2.31 bits per heavy atom. The molecule has 0 aliphatic heterocycles. The van der Waals surface area contributed by atoms with Gasteiger partial charge < -0.3 is 10.1 Å². The number of halogens is 1. The van der Waals surface area contributed by atoms with E-state index in [0.717, 1.165) is 10.9 Å². The summed E-state index contributed by atoms with van der Waals surface area (Å²) in [5.74, 6) is 0.550. The average molecular weight is 237 g/mol. The zero-order valence-corrected chi connectivity index (χ0v) is 9.28. The summed E-state index contributed by atoms with van der Waals surface area (Å²) in [5.41, 5.74) is 1.29. The van der Waals surface area contributed by atoms with Crippen LogP contribution < -0.4 is 10.1 Å². The monoisotopic (exact) mass is 236 g/mol. The highest BCUT2D eigenvalue weighted by Crippen LogP contribution is 2.32. The van der Waals surface area contributed by atoms with E-state index >= 15 is 0 Å². The van der Waals surface area contributed by atoms with Gasteiger partial charge in [0.1, 0.15) is 5.75 Å². The third-order valence-electron chi connectivity index (χ3n) is 2.22. The Bertz CT molecular complexity index is 543. The first kappa shape index (κ1) is 10.7. The van der Waals surface area contributed by atoms with Crippen molar-refractivity contribution in [1.82, 2.24) is 4.98 Å². The Morgan fingerprint density at radius 1 is 1.50 bits per heavy atom. The van der Waals surface area contributed by atoms with Crippen LogP contribution in [0, 0.1) is 0 Å². The van der Waals surface area contributed by atoms with Crippen molar-refractivity contribution in [2.75, 3.05) is 12.4 Å². The van der Waals surface area contributed by atoms with Gasteiger partial charge in [-0.1, -0.05) is 11.6 Å². The van der Waals surface area contributed by atoms with Crippen LogP contribution in [0.4, 0.5) is 5.69 Å². The lowest BCUT2D eigenvalue weighted by Gasteiger charge is -2.09. The van der Waals surface area contributed by atoms with Crippen LogP contribution in [0.1, 0.15) is 0 Å². The molecule has 0 atom stereocenters. The maximum absolute atomic E-state index is 10.4. The molecule has 82 valence electrons. The molecule has 2 aromatic rings. The number of ether oxygens (including phenoxy) is 1. The number of carbonyl (C=O) groups excluding carboxylic acids is 1. The zero-order valence-electron chi connectivity index (χ0n) is 8.53. The second-order valence-corrected chi connectivity index (χ2v) is 3.53. The molecule has 0 spiro atoms. The minimum atomic E-state index is 0.550. The smallest absolute Gasteiger partial charge is 0.211 e. The van der Waals surface area contributed by atoms with Crippen LogP contribution in [-0.4, -0.2) is 18.5 Å². The molecule has 2 rings (SSSR count). The molecule has 4 nitrogen and oxygen atoms in total. The molecule has 0 aliphatic rings. The van der Waals surface area contributed by atoms with E-state index in [9.17, 15) is 4.79 Å². The van der Waals surface area contributed by atoms with Crippen molar-refractivity contribution in [3.05, 3.63) is 29.4 Å². The summed E-state index contributed by atoms with van der Waals surface area (Å²) in [6.45, 7) is 0. The van der Waals surface area contributed by atoms with E-state index in [1.807, 2.05) is 0 Å². The summed E-state index contributed by atoms with van der Waals surface area (Å²) >= 11 is 6.03. The summed E-state index contributed by atoms with van der Waals surface area (Å²) in [6, 6.07) is 5.16. The zero-order chi connectivity index (χ0) is 11.5. The number of fused-ring (bicyclic) bond motifs is 1. The summed E-state index contributed by atoms with van der Waals surface area (Å²) in [5, 5.41) is 3.91. The second-order valence-electron chi connectivity index (χ2n) is 3.12. The van der Waals surface area contributed by atoms with Gasteiger partial charge in [0, 0.05) is 17.6 Å². The van der Waals surface area contributed by atoms with Crippen LogP contribution in [0.2, 0.25) is 5.02 Å². The van der Waals surface area contributed by atoms with Crippen molar-refractivity contribution in [3.8, 4) is 5.75 Å². The number of benzene rings is 1. The van der Waals surface area contributed by atoms with Crippen molar-refractivity contribution in [3.63, 3.8) is 0 Å². The molecule has 1 aromatic heterocycles. The predicted octanol–water partition coefficient (Wildman–Crippen LogP) is 2.47. The molecule has 1 N–H and O–H groups in total. The highest BCUT2D eigenvalue weighted by Gasteiger charge is 2.07. The molecule has 0 unspecified atom stereocenters. The summed E-state index contributed by atoms with van der Waals surface area (Å²) in [7, 11) is 1.53. The highest BCUT2D eigenvalue weighted by molar-refractivity contribution is 6.35. The fourth-order valence-electron chi connectivity index (χ4n) is 1.49. The number of pyridine rings is 1. The number of rotatable bonds is 3. The average Bonchev–Trinajstić information content (AvgIpc) is 2.30. The number of methoxy groups -OCH3 is 1. The lowest BCUT2D eigenvalue weighted by Crippen LogP contribution is -1.97. The summed E-state index contributed by atoms with van der Waals surface area (Å²) in [6.07, 6.45) is 2.21. The molecular weight excluding hydrogens is 228 g/mol. The first-order valence-corrected chi connectivity index (χ1v) is 4.96. The molecule has 0 bridgehead atoms. The number of aromatic nitrogens is 1. The largest absolute Gasteiger partial charge is 0.494 e. The van der Waals surface area contributed by atoms with Gasteiger partial charge in [-0.15, -0.1) is 0 Å². The predicted molar refractivity (Wildman–Crippen MR) is 63.0 cm³/mol. The number of anilines is 1. The van der Waals surface area contributed by atoms with Gasteiger partial charge in [0.15, 0.2) is 0 Å². The summed E-state index contributed by atoms with van der Waals surface area (Å²) < 4.78 is 5.14. The van der Waals surface area contributed by atoms with Gasteiger partial charge >= 0.3 is 0 Å². The molecule has 1 heterocycles. The third-order valence-corrected chi connectivity index (χ3v) is 2.55. The lowest BCUT2D eigenvalue weighted by molar-refractivity contribution is -0.105. The van der Waals surface area contributed by atoms with E-state index in [4.69, 9.17) is 16.3 Å². The minimum absolute atomic E-state index is 0.550. The van der Waals surface area contributed by atoms with Crippen molar-refractivity contribution >= 4 is 34.6 Å². The first-order valence-electron chi connectivity index (χ1n) is 4.58. The fraction of sp³-hybridized carbons (Fsp3) is 0.0909. The van der Waals surface area contributed by atoms with Gasteiger partial charge in [0.2, 0.25) is 6.41 Å². The van der Waals surface area contributed by atoms with E-state index < -0.39 is 0 Å². The number of carbonyl (C=O) groups is 1. The lowest BCUT2D eigenvalue weighted by atomic mass is 10.2. The minimum Gasteiger partial charge on any atom is -0.494 e. The van der Waals surface area contributed by atoms with Gasteiger partial charge in [0.25, 0.3) is 0 Å². The quantitative estimate of drug-likeness (QED) is 0.833. The Balaban J connectivity index is 2.70. The number of amides is 1. The number of nitrogens with zero attached hydrogens (tertiary/aromatic N) is 1. The third kappa shape index (κ3) is 1.79. The van der Waals surface area contributed by atoms with Crippen molar-refractivity contribution < 1.29 is 9.53 Å². The van der Waals surface area contributed by atoms with Crippen LogP contribution in [0.3, 0.4) is 0 Å². The number of nitrogens with one attached hydrogen (secondary N) is 1. The molecular formula is C11H9ClN2O2. The molecule has 0 saturated heterocycles. The molecule has 1 aromatic carbocycles. The van der Waals surface area contributed by atoms with E-state index in [1.165, 1.54) is 7.11 Å². The molecule has 0 radical (unpaired) electrons.